The van der Waals surface area contributed by atoms with Crippen LogP contribution in [0.1, 0.15) is 6.42 Å². The van der Waals surface area contributed by atoms with Crippen molar-refractivity contribution >= 4 is 5.91 Å². The van der Waals surface area contributed by atoms with Gasteiger partial charge < -0.3 is 10.5 Å². The molecule has 3 unspecified atom stereocenters. The summed E-state index contributed by atoms with van der Waals surface area (Å²) in [6.07, 6.45) is 0.231. The first-order valence-electron chi connectivity index (χ1n) is 3.42. The fourth-order valence-corrected chi connectivity index (χ4v) is 1.20. The molecule has 0 bridgehead atoms. The van der Waals surface area contributed by atoms with Crippen LogP contribution in [0.25, 0.3) is 0 Å². The Labute approximate surface area is 64.9 Å². The number of hydrogen-bond donors (Lipinski definition) is 1. The number of nitriles is 1. The maximum Gasteiger partial charge on any atom is 0.220 e. The molecule has 0 radical (unpaired) electrons. The highest BCUT2D eigenvalue weighted by Crippen LogP contribution is 2.41. The zero-order chi connectivity index (χ0) is 8.43. The second kappa shape index (κ2) is 2.89. The summed E-state index contributed by atoms with van der Waals surface area (Å²) in [6, 6.07) is 1.97. The lowest BCUT2D eigenvalue weighted by Gasteiger charge is -2.03. The van der Waals surface area contributed by atoms with Gasteiger partial charge in [-0.2, -0.15) is 5.26 Å². The summed E-state index contributed by atoms with van der Waals surface area (Å²) in [5, 5.41) is 8.51. The zero-order valence-electron chi connectivity index (χ0n) is 6.28. The summed E-state index contributed by atoms with van der Waals surface area (Å²) in [5.74, 6) is -0.436. The topological polar surface area (TPSA) is 76.1 Å². The van der Waals surface area contributed by atoms with Gasteiger partial charge in [-0.05, 0) is 6.42 Å². The van der Waals surface area contributed by atoms with Gasteiger partial charge in [-0.3, -0.25) is 4.79 Å². The first kappa shape index (κ1) is 8.02. The van der Waals surface area contributed by atoms with Gasteiger partial charge in [0.25, 0.3) is 0 Å². The molecule has 1 aliphatic rings. The lowest BCUT2D eigenvalue weighted by atomic mass is 10.2. The van der Waals surface area contributed by atoms with Gasteiger partial charge in [0.05, 0.1) is 6.07 Å². The predicted molar refractivity (Wildman–Crippen MR) is 37.2 cm³/mol. The molecule has 11 heavy (non-hydrogen) atoms. The Morgan fingerprint density at radius 2 is 2.55 bits per heavy atom. The average molecular weight is 154 g/mol. The number of ether oxygens (including phenoxy) is 1. The second-order valence-electron chi connectivity index (χ2n) is 2.69. The van der Waals surface area contributed by atoms with Crippen LogP contribution in [0.4, 0.5) is 0 Å². The monoisotopic (exact) mass is 154 g/mol. The van der Waals surface area contributed by atoms with Gasteiger partial charge in [0, 0.05) is 18.9 Å². The van der Waals surface area contributed by atoms with E-state index in [-0.39, 0.29) is 17.7 Å². The predicted octanol–water partition coefficient (Wildman–Crippen LogP) is -0.354. The van der Waals surface area contributed by atoms with Gasteiger partial charge in [-0.25, -0.2) is 0 Å². The summed E-state index contributed by atoms with van der Waals surface area (Å²) in [4.78, 5) is 10.6. The first-order chi connectivity index (χ1) is 5.20. The van der Waals surface area contributed by atoms with E-state index in [9.17, 15) is 4.79 Å². The highest BCUT2D eigenvalue weighted by atomic mass is 16.5. The molecule has 1 saturated carbocycles. The zero-order valence-corrected chi connectivity index (χ0v) is 6.28. The number of carbonyl (C=O) groups is 1. The molecule has 1 amide bonds. The minimum absolute atomic E-state index is 0.0301. The van der Waals surface area contributed by atoms with Crippen molar-refractivity contribution in [2.45, 2.75) is 12.5 Å². The van der Waals surface area contributed by atoms with Gasteiger partial charge in [0.1, 0.15) is 6.10 Å². The van der Waals surface area contributed by atoms with E-state index >= 15 is 0 Å². The van der Waals surface area contributed by atoms with E-state index in [1.807, 2.05) is 6.07 Å². The van der Waals surface area contributed by atoms with Crippen LogP contribution >= 0.6 is 0 Å². The van der Waals surface area contributed by atoms with E-state index in [1.165, 1.54) is 7.11 Å². The van der Waals surface area contributed by atoms with Gasteiger partial charge in [-0.15, -0.1) is 0 Å². The van der Waals surface area contributed by atoms with E-state index < -0.39 is 6.10 Å². The third-order valence-electron chi connectivity index (χ3n) is 1.98. The van der Waals surface area contributed by atoms with E-state index in [1.54, 1.807) is 0 Å². The summed E-state index contributed by atoms with van der Waals surface area (Å²) < 4.78 is 4.83. The Hall–Kier alpha value is -1.08. The van der Waals surface area contributed by atoms with Crippen molar-refractivity contribution in [1.82, 2.24) is 0 Å². The molecule has 0 heterocycles. The second-order valence-corrected chi connectivity index (χ2v) is 2.69. The number of amides is 1. The molecule has 0 saturated heterocycles. The van der Waals surface area contributed by atoms with E-state index in [4.69, 9.17) is 15.7 Å². The van der Waals surface area contributed by atoms with Crippen LogP contribution in [0.5, 0.6) is 0 Å². The van der Waals surface area contributed by atoms with Gasteiger partial charge in [-0.1, -0.05) is 0 Å². The molecule has 0 aromatic heterocycles. The third kappa shape index (κ3) is 1.49. The van der Waals surface area contributed by atoms with Crippen LogP contribution in [0.2, 0.25) is 0 Å². The molecule has 3 atom stereocenters. The smallest absolute Gasteiger partial charge is 0.220 e. The SMILES string of the molecule is COC(C#N)C1CC1C(N)=O. The van der Waals surface area contributed by atoms with Crippen molar-refractivity contribution in [2.24, 2.45) is 17.6 Å². The fraction of sp³-hybridized carbons (Fsp3) is 0.714. The van der Waals surface area contributed by atoms with E-state index in [0.717, 1.165) is 0 Å². The molecule has 0 aliphatic heterocycles. The first-order valence-corrected chi connectivity index (χ1v) is 3.42. The maximum atomic E-state index is 10.6. The van der Waals surface area contributed by atoms with Crippen LogP contribution in [-0.4, -0.2) is 19.1 Å². The lowest BCUT2D eigenvalue weighted by molar-refractivity contribution is -0.119. The normalized spacial score (nSPS) is 30.5. The number of primary amides is 1. The van der Waals surface area contributed by atoms with Crippen LogP contribution in [0.15, 0.2) is 0 Å². The minimum Gasteiger partial charge on any atom is -0.369 e. The Bertz CT molecular complexity index is 209. The highest BCUT2D eigenvalue weighted by Gasteiger charge is 2.47. The van der Waals surface area contributed by atoms with Crippen molar-refractivity contribution in [3.8, 4) is 6.07 Å². The summed E-state index contributed by atoms with van der Waals surface area (Å²) >= 11 is 0. The lowest BCUT2D eigenvalue weighted by Crippen LogP contribution is -2.19. The number of carbonyl (C=O) groups excluding carboxylic acids is 1. The largest absolute Gasteiger partial charge is 0.369 e. The summed E-state index contributed by atoms with van der Waals surface area (Å²) in [6.45, 7) is 0. The van der Waals surface area contributed by atoms with Gasteiger partial charge in [0.15, 0.2) is 0 Å². The number of methoxy groups -OCH3 is 1. The molecule has 60 valence electrons. The Morgan fingerprint density at radius 1 is 1.91 bits per heavy atom. The molecule has 2 N–H and O–H groups in total. The van der Waals surface area contributed by atoms with Crippen molar-refractivity contribution in [3.05, 3.63) is 0 Å². The Balaban J connectivity index is 2.43. The van der Waals surface area contributed by atoms with E-state index in [2.05, 4.69) is 0 Å². The Kier molecular flexibility index (Phi) is 2.11. The van der Waals surface area contributed by atoms with Crippen molar-refractivity contribution in [1.29, 1.82) is 5.26 Å². The number of nitrogens with zero attached hydrogens (tertiary/aromatic N) is 1. The molecular weight excluding hydrogens is 144 g/mol. The number of rotatable bonds is 3. The summed E-state index contributed by atoms with van der Waals surface area (Å²) in [5.41, 5.74) is 5.03. The Morgan fingerprint density at radius 3 is 2.82 bits per heavy atom. The fourth-order valence-electron chi connectivity index (χ4n) is 1.20. The van der Waals surface area contributed by atoms with Crippen molar-refractivity contribution < 1.29 is 9.53 Å². The minimum atomic E-state index is -0.465. The van der Waals surface area contributed by atoms with E-state index in [0.29, 0.717) is 6.42 Å². The molecule has 4 heteroatoms. The average Bonchev–Trinajstić information content (AvgIpc) is 2.70. The molecule has 1 rings (SSSR count). The quantitative estimate of drug-likeness (QED) is 0.603. The molecule has 1 aliphatic carbocycles. The standard InChI is InChI=1S/C7H10N2O2/c1-11-6(3-8)4-2-5(4)7(9)10/h4-6H,2H2,1H3,(H2,9,10). The van der Waals surface area contributed by atoms with Gasteiger partial charge in [0.2, 0.25) is 5.91 Å². The molecular formula is C7H10N2O2. The van der Waals surface area contributed by atoms with Crippen LogP contribution in [0.3, 0.4) is 0 Å². The highest BCUT2D eigenvalue weighted by molar-refractivity contribution is 5.79. The number of nitrogens with two attached hydrogens (primary N) is 1. The summed E-state index contributed by atoms with van der Waals surface area (Å²) in [7, 11) is 1.46. The molecule has 0 aromatic carbocycles. The van der Waals surface area contributed by atoms with Crippen LogP contribution < -0.4 is 5.73 Å². The van der Waals surface area contributed by atoms with Crippen molar-refractivity contribution in [2.75, 3.05) is 7.11 Å². The molecule has 1 fully saturated rings. The molecule has 0 spiro atoms. The van der Waals surface area contributed by atoms with Crippen LogP contribution in [0, 0.1) is 23.2 Å². The molecule has 4 nitrogen and oxygen atoms in total. The van der Waals surface area contributed by atoms with Gasteiger partial charge >= 0.3 is 0 Å². The van der Waals surface area contributed by atoms with Crippen molar-refractivity contribution in [3.63, 3.8) is 0 Å². The molecule has 0 aromatic rings. The maximum absolute atomic E-state index is 10.6. The van der Waals surface area contributed by atoms with Crippen LogP contribution in [-0.2, 0) is 9.53 Å². The third-order valence-corrected chi connectivity index (χ3v) is 1.98. The number of hydrogen-bond acceptors (Lipinski definition) is 3.